The first-order valence-corrected chi connectivity index (χ1v) is 6.41. The highest BCUT2D eigenvalue weighted by atomic mass is 16.5. The van der Waals surface area contributed by atoms with Crippen LogP contribution in [0.15, 0.2) is 0 Å². The minimum atomic E-state index is 0.601. The third-order valence-corrected chi connectivity index (χ3v) is 3.62. The van der Waals surface area contributed by atoms with E-state index in [-0.39, 0.29) is 0 Å². The van der Waals surface area contributed by atoms with Crippen LogP contribution in [0.25, 0.3) is 0 Å². The molecule has 2 unspecified atom stereocenters. The van der Waals surface area contributed by atoms with Crippen molar-refractivity contribution in [3.8, 4) is 0 Å². The summed E-state index contributed by atoms with van der Waals surface area (Å²) in [5.74, 6) is 0. The quantitative estimate of drug-likeness (QED) is 0.745. The summed E-state index contributed by atoms with van der Waals surface area (Å²) in [6.45, 7) is 7.63. The van der Waals surface area contributed by atoms with E-state index in [1.54, 1.807) is 0 Å². The monoisotopic (exact) mass is 212 g/mol. The van der Waals surface area contributed by atoms with Gasteiger partial charge in [-0.15, -0.1) is 0 Å². The van der Waals surface area contributed by atoms with Crippen LogP contribution in [0.3, 0.4) is 0 Å². The fourth-order valence-corrected chi connectivity index (χ4v) is 2.57. The summed E-state index contributed by atoms with van der Waals surface area (Å²) in [6, 6.07) is 1.32. The summed E-state index contributed by atoms with van der Waals surface area (Å²) < 4.78 is 5.46. The van der Waals surface area contributed by atoms with Crippen molar-refractivity contribution in [2.75, 3.05) is 32.8 Å². The first-order chi connectivity index (χ1) is 7.36. The van der Waals surface area contributed by atoms with Gasteiger partial charge >= 0.3 is 0 Å². The zero-order valence-corrected chi connectivity index (χ0v) is 9.87. The number of ether oxygens (including phenoxy) is 1. The van der Waals surface area contributed by atoms with E-state index >= 15 is 0 Å². The molecule has 88 valence electrons. The molecule has 1 N–H and O–H groups in total. The highest BCUT2D eigenvalue weighted by Crippen LogP contribution is 2.12. The largest absolute Gasteiger partial charge is 0.379 e. The molecule has 3 nitrogen and oxygen atoms in total. The van der Waals surface area contributed by atoms with E-state index in [2.05, 4.69) is 17.1 Å². The van der Waals surface area contributed by atoms with Crippen molar-refractivity contribution in [1.82, 2.24) is 10.2 Å². The van der Waals surface area contributed by atoms with Crippen molar-refractivity contribution in [1.29, 1.82) is 0 Å². The summed E-state index contributed by atoms with van der Waals surface area (Å²) in [6.07, 6.45) is 5.51. The summed E-state index contributed by atoms with van der Waals surface area (Å²) in [4.78, 5) is 2.58. The number of nitrogens with zero attached hydrogens (tertiary/aromatic N) is 1. The van der Waals surface area contributed by atoms with Gasteiger partial charge in [-0.25, -0.2) is 0 Å². The van der Waals surface area contributed by atoms with Crippen molar-refractivity contribution >= 4 is 0 Å². The molecular formula is C12H24N2O. The molecule has 0 amide bonds. The molecule has 2 saturated heterocycles. The Labute approximate surface area is 93.2 Å². The Balaban J connectivity index is 1.78. The van der Waals surface area contributed by atoms with Crippen molar-refractivity contribution in [2.45, 2.75) is 44.7 Å². The van der Waals surface area contributed by atoms with Gasteiger partial charge < -0.3 is 10.1 Å². The minimum Gasteiger partial charge on any atom is -0.379 e. The fraction of sp³-hybridized carbons (Fsp3) is 1.00. The molecule has 3 heteroatoms. The van der Waals surface area contributed by atoms with Gasteiger partial charge in [0.15, 0.2) is 0 Å². The molecule has 2 fully saturated rings. The van der Waals surface area contributed by atoms with Gasteiger partial charge in [-0.3, -0.25) is 4.90 Å². The third-order valence-electron chi connectivity index (χ3n) is 3.62. The molecule has 0 aromatic heterocycles. The van der Waals surface area contributed by atoms with Crippen LogP contribution in [-0.4, -0.2) is 49.8 Å². The van der Waals surface area contributed by atoms with E-state index in [0.29, 0.717) is 12.1 Å². The summed E-state index contributed by atoms with van der Waals surface area (Å²) in [7, 11) is 0. The van der Waals surface area contributed by atoms with Gasteiger partial charge in [-0.1, -0.05) is 12.8 Å². The molecule has 0 saturated carbocycles. The molecule has 0 aliphatic carbocycles. The molecule has 2 aliphatic heterocycles. The van der Waals surface area contributed by atoms with E-state index < -0.39 is 0 Å². The third kappa shape index (κ3) is 3.44. The number of hydrogen-bond donors (Lipinski definition) is 1. The molecule has 0 aromatic carbocycles. The van der Waals surface area contributed by atoms with E-state index in [4.69, 9.17) is 4.74 Å². The van der Waals surface area contributed by atoms with Gasteiger partial charge in [0.25, 0.3) is 0 Å². The minimum absolute atomic E-state index is 0.601. The van der Waals surface area contributed by atoms with Crippen LogP contribution in [0.4, 0.5) is 0 Å². The van der Waals surface area contributed by atoms with Gasteiger partial charge in [0.2, 0.25) is 0 Å². The second-order valence-electron chi connectivity index (χ2n) is 4.92. The number of hydrogen-bond acceptors (Lipinski definition) is 3. The molecule has 2 aliphatic rings. The molecule has 0 bridgehead atoms. The maximum Gasteiger partial charge on any atom is 0.0619 e. The molecule has 0 aromatic rings. The highest BCUT2D eigenvalue weighted by molar-refractivity contribution is 4.79. The molecule has 2 atom stereocenters. The standard InChI is InChI=1S/C12H24N2O/c1-11-10-15-8-7-14(11)9-12-5-3-2-4-6-13-12/h11-13H,2-10H2,1H3. The molecular weight excluding hydrogens is 188 g/mol. The fourth-order valence-electron chi connectivity index (χ4n) is 2.57. The maximum atomic E-state index is 5.46. The van der Waals surface area contributed by atoms with E-state index in [9.17, 15) is 0 Å². The van der Waals surface area contributed by atoms with Gasteiger partial charge in [-0.2, -0.15) is 0 Å². The van der Waals surface area contributed by atoms with Gasteiger partial charge in [0.05, 0.1) is 13.2 Å². The van der Waals surface area contributed by atoms with E-state index in [0.717, 1.165) is 19.8 Å². The van der Waals surface area contributed by atoms with Crippen molar-refractivity contribution in [2.24, 2.45) is 0 Å². The molecule has 0 radical (unpaired) electrons. The molecule has 2 heterocycles. The van der Waals surface area contributed by atoms with Crippen molar-refractivity contribution in [3.63, 3.8) is 0 Å². The number of morpholine rings is 1. The lowest BCUT2D eigenvalue weighted by atomic mass is 10.1. The van der Waals surface area contributed by atoms with Gasteiger partial charge in [0.1, 0.15) is 0 Å². The zero-order chi connectivity index (χ0) is 10.5. The van der Waals surface area contributed by atoms with Crippen LogP contribution in [0.1, 0.15) is 32.6 Å². The predicted octanol–water partition coefficient (Wildman–Crippen LogP) is 1.24. The Morgan fingerprint density at radius 2 is 2.27 bits per heavy atom. The highest BCUT2D eigenvalue weighted by Gasteiger charge is 2.22. The Morgan fingerprint density at radius 1 is 1.33 bits per heavy atom. The lowest BCUT2D eigenvalue weighted by Crippen LogP contribution is -2.49. The van der Waals surface area contributed by atoms with Crippen LogP contribution in [0, 0.1) is 0 Å². The number of rotatable bonds is 2. The van der Waals surface area contributed by atoms with Crippen LogP contribution >= 0.6 is 0 Å². The van der Waals surface area contributed by atoms with Gasteiger partial charge in [-0.05, 0) is 26.3 Å². The first kappa shape index (κ1) is 11.4. The second-order valence-corrected chi connectivity index (χ2v) is 4.92. The smallest absolute Gasteiger partial charge is 0.0619 e. The lowest BCUT2D eigenvalue weighted by molar-refractivity contribution is -0.00450. The van der Waals surface area contributed by atoms with Crippen molar-refractivity contribution < 1.29 is 4.74 Å². The Kier molecular flexibility index (Phi) is 4.42. The Bertz CT molecular complexity index is 178. The van der Waals surface area contributed by atoms with Crippen molar-refractivity contribution in [3.05, 3.63) is 0 Å². The lowest BCUT2D eigenvalue weighted by Gasteiger charge is -2.35. The number of nitrogens with one attached hydrogen (secondary N) is 1. The average molecular weight is 212 g/mol. The average Bonchev–Trinajstić information content (AvgIpc) is 2.50. The maximum absolute atomic E-state index is 5.46. The Morgan fingerprint density at radius 3 is 3.13 bits per heavy atom. The predicted molar refractivity (Wildman–Crippen MR) is 62.1 cm³/mol. The first-order valence-electron chi connectivity index (χ1n) is 6.41. The zero-order valence-electron chi connectivity index (χ0n) is 9.87. The second kappa shape index (κ2) is 5.83. The van der Waals surface area contributed by atoms with Gasteiger partial charge in [0, 0.05) is 25.2 Å². The normalized spacial score (nSPS) is 35.0. The van der Waals surface area contributed by atoms with E-state index in [1.807, 2.05) is 0 Å². The van der Waals surface area contributed by atoms with Crippen LogP contribution in [-0.2, 0) is 4.74 Å². The Hall–Kier alpha value is -0.120. The SMILES string of the molecule is CC1COCCN1CC1CCCCCN1. The van der Waals surface area contributed by atoms with Crippen LogP contribution in [0.2, 0.25) is 0 Å². The topological polar surface area (TPSA) is 24.5 Å². The van der Waals surface area contributed by atoms with Crippen LogP contribution in [0.5, 0.6) is 0 Å². The summed E-state index contributed by atoms with van der Waals surface area (Å²) in [5.41, 5.74) is 0. The van der Waals surface area contributed by atoms with Crippen LogP contribution < -0.4 is 5.32 Å². The van der Waals surface area contributed by atoms with E-state index in [1.165, 1.54) is 38.8 Å². The summed E-state index contributed by atoms with van der Waals surface area (Å²) in [5, 5.41) is 3.67. The molecule has 0 spiro atoms. The molecule has 2 rings (SSSR count). The molecule has 15 heavy (non-hydrogen) atoms. The summed E-state index contributed by atoms with van der Waals surface area (Å²) >= 11 is 0.